The smallest absolute Gasteiger partial charge is 0.265 e. The summed E-state index contributed by atoms with van der Waals surface area (Å²) in [5.74, 6) is 0. The first-order valence-corrected chi connectivity index (χ1v) is 6.00. The normalized spacial score (nSPS) is 10.3. The van der Waals surface area contributed by atoms with E-state index in [1.165, 1.54) is 12.1 Å². The van der Waals surface area contributed by atoms with Gasteiger partial charge in [0.05, 0.1) is 11.6 Å². The summed E-state index contributed by atoms with van der Waals surface area (Å²) < 4.78 is 25.8. The maximum Gasteiger partial charge on any atom is 0.265 e. The molecule has 0 atom stereocenters. The molecule has 0 saturated heterocycles. The van der Waals surface area contributed by atoms with Crippen LogP contribution in [0, 0.1) is 11.3 Å². The summed E-state index contributed by atoms with van der Waals surface area (Å²) in [7, 11) is 0. The van der Waals surface area contributed by atoms with Crippen LogP contribution in [-0.2, 0) is 6.54 Å². The third kappa shape index (κ3) is 3.23. The molecule has 0 spiro atoms. The average Bonchev–Trinajstić information content (AvgIpc) is 2.46. The molecule has 102 valence electrons. The highest BCUT2D eigenvalue weighted by Crippen LogP contribution is 2.29. The van der Waals surface area contributed by atoms with E-state index in [-0.39, 0.29) is 5.56 Å². The number of nitrogens with two attached hydrogens (primary N) is 1. The number of halogens is 2. The average molecular weight is 273 g/mol. The maximum absolute atomic E-state index is 12.9. The highest BCUT2D eigenvalue weighted by atomic mass is 19.3. The van der Waals surface area contributed by atoms with E-state index in [4.69, 9.17) is 11.0 Å². The summed E-state index contributed by atoms with van der Waals surface area (Å²) in [5.41, 5.74) is 7.42. The monoisotopic (exact) mass is 273 g/mol. The van der Waals surface area contributed by atoms with E-state index in [2.05, 4.69) is 5.32 Å². The fourth-order valence-corrected chi connectivity index (χ4v) is 1.87. The highest BCUT2D eigenvalue weighted by molar-refractivity contribution is 5.58. The van der Waals surface area contributed by atoms with Gasteiger partial charge >= 0.3 is 0 Å². The molecule has 0 aliphatic rings. The Balaban J connectivity index is 2.16. The van der Waals surface area contributed by atoms with E-state index in [1.807, 2.05) is 12.1 Å². The van der Waals surface area contributed by atoms with Crippen LogP contribution in [0.5, 0.6) is 0 Å². The number of benzene rings is 2. The zero-order valence-electron chi connectivity index (χ0n) is 10.6. The standard InChI is InChI=1S/C15H13F2N3/c16-15(17)13-7-12(19)4-5-14(13)20-9-11-3-1-2-10(6-11)8-18/h1-7,15,20H,9,19H2. The lowest BCUT2D eigenvalue weighted by Crippen LogP contribution is -2.03. The third-order valence-corrected chi connectivity index (χ3v) is 2.85. The van der Waals surface area contributed by atoms with Crippen LogP contribution in [0.1, 0.15) is 23.1 Å². The second kappa shape index (κ2) is 6.02. The van der Waals surface area contributed by atoms with Crippen LogP contribution in [-0.4, -0.2) is 0 Å². The fraction of sp³-hybridized carbons (Fsp3) is 0.133. The molecule has 3 nitrogen and oxygen atoms in total. The van der Waals surface area contributed by atoms with Gasteiger partial charge in [-0.3, -0.25) is 0 Å². The largest absolute Gasteiger partial charge is 0.399 e. The Morgan fingerprint density at radius 3 is 2.70 bits per heavy atom. The van der Waals surface area contributed by atoms with E-state index >= 15 is 0 Å². The van der Waals surface area contributed by atoms with E-state index in [0.29, 0.717) is 23.5 Å². The van der Waals surface area contributed by atoms with Gasteiger partial charge < -0.3 is 11.1 Å². The molecule has 2 rings (SSSR count). The molecule has 5 heteroatoms. The van der Waals surface area contributed by atoms with Gasteiger partial charge in [0, 0.05) is 23.5 Å². The van der Waals surface area contributed by atoms with Crippen molar-refractivity contribution in [1.29, 1.82) is 5.26 Å². The zero-order chi connectivity index (χ0) is 14.5. The molecule has 0 amide bonds. The van der Waals surface area contributed by atoms with Crippen molar-refractivity contribution in [2.45, 2.75) is 13.0 Å². The van der Waals surface area contributed by atoms with Crippen molar-refractivity contribution in [2.24, 2.45) is 0 Å². The Labute approximate surface area is 115 Å². The molecule has 0 aliphatic heterocycles. The summed E-state index contributed by atoms with van der Waals surface area (Å²) in [6, 6.07) is 13.4. The van der Waals surface area contributed by atoms with Crippen LogP contribution >= 0.6 is 0 Å². The topological polar surface area (TPSA) is 61.8 Å². The van der Waals surface area contributed by atoms with E-state index < -0.39 is 6.43 Å². The van der Waals surface area contributed by atoms with Crippen LogP contribution in [0.15, 0.2) is 42.5 Å². The molecule has 0 unspecified atom stereocenters. The van der Waals surface area contributed by atoms with E-state index in [9.17, 15) is 8.78 Å². The van der Waals surface area contributed by atoms with Gasteiger partial charge in [-0.1, -0.05) is 12.1 Å². The van der Waals surface area contributed by atoms with Crippen LogP contribution in [0.3, 0.4) is 0 Å². The first kappa shape index (κ1) is 13.8. The summed E-state index contributed by atoms with van der Waals surface area (Å²) in [6.45, 7) is 0.360. The predicted octanol–water partition coefficient (Wildman–Crippen LogP) is 3.69. The van der Waals surface area contributed by atoms with E-state index in [0.717, 1.165) is 5.56 Å². The molecule has 0 heterocycles. The number of nitrogens with one attached hydrogen (secondary N) is 1. The Bertz CT molecular complexity index is 648. The molecule has 0 saturated carbocycles. The lowest BCUT2D eigenvalue weighted by atomic mass is 10.1. The molecule has 0 fully saturated rings. The van der Waals surface area contributed by atoms with Crippen LogP contribution in [0.25, 0.3) is 0 Å². The lowest BCUT2D eigenvalue weighted by molar-refractivity contribution is 0.152. The van der Waals surface area contributed by atoms with Crippen molar-refractivity contribution in [3.8, 4) is 6.07 Å². The Kier molecular flexibility index (Phi) is 4.16. The summed E-state index contributed by atoms with van der Waals surface area (Å²) in [6.07, 6.45) is -2.59. The number of nitriles is 1. The van der Waals surface area contributed by atoms with E-state index in [1.54, 1.807) is 24.3 Å². The van der Waals surface area contributed by atoms with Crippen LogP contribution < -0.4 is 11.1 Å². The number of alkyl halides is 2. The van der Waals surface area contributed by atoms with Gasteiger partial charge in [-0.25, -0.2) is 8.78 Å². The maximum atomic E-state index is 12.9. The minimum atomic E-state index is -2.59. The summed E-state index contributed by atoms with van der Waals surface area (Å²) >= 11 is 0. The fourth-order valence-electron chi connectivity index (χ4n) is 1.87. The van der Waals surface area contributed by atoms with Gasteiger partial charge in [0.2, 0.25) is 0 Å². The summed E-state index contributed by atoms with van der Waals surface area (Å²) in [5, 5.41) is 11.8. The summed E-state index contributed by atoms with van der Waals surface area (Å²) in [4.78, 5) is 0. The zero-order valence-corrected chi connectivity index (χ0v) is 10.6. The van der Waals surface area contributed by atoms with Gasteiger partial charge in [-0.15, -0.1) is 0 Å². The van der Waals surface area contributed by atoms with Gasteiger partial charge in [0.15, 0.2) is 0 Å². The minimum Gasteiger partial charge on any atom is -0.399 e. The predicted molar refractivity (Wildman–Crippen MR) is 74.3 cm³/mol. The Hall–Kier alpha value is -2.61. The minimum absolute atomic E-state index is 0.124. The Morgan fingerprint density at radius 2 is 2.00 bits per heavy atom. The third-order valence-electron chi connectivity index (χ3n) is 2.85. The first-order chi connectivity index (χ1) is 9.60. The molecule has 0 radical (unpaired) electrons. The number of nitrogens with zero attached hydrogens (tertiary/aromatic N) is 1. The molecule has 0 aliphatic carbocycles. The number of hydrogen-bond acceptors (Lipinski definition) is 3. The molecule has 0 aromatic heterocycles. The molecular formula is C15H13F2N3. The van der Waals surface area contributed by atoms with Crippen molar-refractivity contribution in [2.75, 3.05) is 11.1 Å². The molecule has 20 heavy (non-hydrogen) atoms. The van der Waals surface area contributed by atoms with Crippen molar-refractivity contribution in [3.05, 3.63) is 59.2 Å². The van der Waals surface area contributed by atoms with Crippen molar-refractivity contribution >= 4 is 11.4 Å². The van der Waals surface area contributed by atoms with Crippen molar-refractivity contribution in [3.63, 3.8) is 0 Å². The molecule has 0 bridgehead atoms. The second-order valence-corrected chi connectivity index (χ2v) is 4.31. The number of hydrogen-bond donors (Lipinski definition) is 2. The second-order valence-electron chi connectivity index (χ2n) is 4.31. The molecule has 2 aromatic rings. The first-order valence-electron chi connectivity index (χ1n) is 6.00. The number of rotatable bonds is 4. The number of anilines is 2. The Morgan fingerprint density at radius 1 is 1.20 bits per heavy atom. The SMILES string of the molecule is N#Cc1cccc(CNc2ccc(N)cc2C(F)F)c1. The molecule has 2 aromatic carbocycles. The quantitative estimate of drug-likeness (QED) is 0.835. The van der Waals surface area contributed by atoms with Gasteiger partial charge in [0.25, 0.3) is 6.43 Å². The van der Waals surface area contributed by atoms with Gasteiger partial charge in [-0.05, 0) is 35.9 Å². The molecular weight excluding hydrogens is 260 g/mol. The number of nitrogen functional groups attached to an aromatic ring is 1. The van der Waals surface area contributed by atoms with Crippen LogP contribution in [0.4, 0.5) is 20.2 Å². The highest BCUT2D eigenvalue weighted by Gasteiger charge is 2.13. The van der Waals surface area contributed by atoms with Crippen molar-refractivity contribution in [1.82, 2.24) is 0 Å². The van der Waals surface area contributed by atoms with Crippen LogP contribution in [0.2, 0.25) is 0 Å². The van der Waals surface area contributed by atoms with Crippen molar-refractivity contribution < 1.29 is 8.78 Å². The van der Waals surface area contributed by atoms with Gasteiger partial charge in [-0.2, -0.15) is 5.26 Å². The molecule has 3 N–H and O–H groups in total. The lowest BCUT2D eigenvalue weighted by Gasteiger charge is -2.12. The van der Waals surface area contributed by atoms with Gasteiger partial charge in [0.1, 0.15) is 0 Å².